The highest BCUT2D eigenvalue weighted by molar-refractivity contribution is 5.94. The Balaban J connectivity index is 2.02. The second-order valence-corrected chi connectivity index (χ2v) is 4.00. The lowest BCUT2D eigenvalue weighted by molar-refractivity contribution is 0.0900. The number of carbonyl (C=O) groups is 1. The molecule has 0 radical (unpaired) electrons. The van der Waals surface area contributed by atoms with Crippen molar-refractivity contribution >= 4 is 5.91 Å². The molecular weight excluding hydrogens is 275 g/mol. The molecule has 2 N–H and O–H groups in total. The molecule has 4 nitrogen and oxygen atoms in total. The predicted molar refractivity (Wildman–Crippen MR) is 62.3 cm³/mol. The minimum atomic E-state index is -1.64. The molecule has 2 rings (SSSR count). The summed E-state index contributed by atoms with van der Waals surface area (Å²) in [5.74, 6) is -5.16. The van der Waals surface area contributed by atoms with Gasteiger partial charge < -0.3 is 14.8 Å². The molecule has 2 aromatic rings. The van der Waals surface area contributed by atoms with Crippen molar-refractivity contribution in [3.05, 3.63) is 59.3 Å². The molecule has 1 amide bonds. The first-order chi connectivity index (χ1) is 9.49. The van der Waals surface area contributed by atoms with Crippen LogP contribution in [0.5, 0.6) is 0 Å². The molecule has 106 valence electrons. The summed E-state index contributed by atoms with van der Waals surface area (Å²) < 4.78 is 43.6. The van der Waals surface area contributed by atoms with Crippen LogP contribution in [0.2, 0.25) is 0 Å². The van der Waals surface area contributed by atoms with E-state index in [-0.39, 0.29) is 17.9 Å². The van der Waals surface area contributed by atoms with Crippen LogP contribution >= 0.6 is 0 Å². The topological polar surface area (TPSA) is 62.5 Å². The Morgan fingerprint density at radius 3 is 2.50 bits per heavy atom. The smallest absolute Gasteiger partial charge is 0.251 e. The highest BCUT2D eigenvalue weighted by atomic mass is 19.2. The van der Waals surface area contributed by atoms with E-state index in [1.807, 2.05) is 0 Å². The van der Waals surface area contributed by atoms with Crippen LogP contribution in [0.1, 0.15) is 22.2 Å². The molecule has 0 saturated heterocycles. The quantitative estimate of drug-likeness (QED) is 0.846. The van der Waals surface area contributed by atoms with Gasteiger partial charge >= 0.3 is 0 Å². The van der Waals surface area contributed by atoms with Gasteiger partial charge in [-0.15, -0.1) is 0 Å². The van der Waals surface area contributed by atoms with E-state index in [9.17, 15) is 23.1 Å². The third kappa shape index (κ3) is 3.00. The maximum atomic E-state index is 13.0. The lowest BCUT2D eigenvalue weighted by Gasteiger charge is -2.10. The summed E-state index contributed by atoms with van der Waals surface area (Å²) in [7, 11) is 0. The van der Waals surface area contributed by atoms with Crippen molar-refractivity contribution in [3.8, 4) is 0 Å². The van der Waals surface area contributed by atoms with E-state index in [2.05, 4.69) is 5.32 Å². The second-order valence-electron chi connectivity index (χ2n) is 4.00. The lowest BCUT2D eigenvalue weighted by Crippen LogP contribution is -2.28. The van der Waals surface area contributed by atoms with Crippen LogP contribution in [-0.2, 0) is 0 Å². The number of benzene rings is 1. The number of amides is 1. The number of hydrogen-bond donors (Lipinski definition) is 2. The molecule has 7 heteroatoms. The zero-order chi connectivity index (χ0) is 14.7. The fourth-order valence-electron chi connectivity index (χ4n) is 1.56. The van der Waals surface area contributed by atoms with Crippen molar-refractivity contribution in [3.63, 3.8) is 0 Å². The first-order valence-corrected chi connectivity index (χ1v) is 5.63. The molecule has 1 aromatic heterocycles. The number of halogens is 3. The fourth-order valence-corrected chi connectivity index (χ4v) is 1.56. The molecule has 20 heavy (non-hydrogen) atoms. The summed E-state index contributed by atoms with van der Waals surface area (Å²) in [5, 5.41) is 11.9. The van der Waals surface area contributed by atoms with E-state index < -0.39 is 29.5 Å². The van der Waals surface area contributed by atoms with Gasteiger partial charge in [0.05, 0.1) is 12.8 Å². The number of nitrogens with one attached hydrogen (secondary N) is 1. The summed E-state index contributed by atoms with van der Waals surface area (Å²) >= 11 is 0. The zero-order valence-corrected chi connectivity index (χ0v) is 10.1. The maximum Gasteiger partial charge on any atom is 0.251 e. The van der Waals surface area contributed by atoms with E-state index in [0.717, 1.165) is 0 Å². The van der Waals surface area contributed by atoms with Crippen LogP contribution in [0.25, 0.3) is 0 Å². The van der Waals surface area contributed by atoms with Crippen molar-refractivity contribution in [2.75, 3.05) is 6.54 Å². The van der Waals surface area contributed by atoms with E-state index in [0.29, 0.717) is 12.1 Å². The van der Waals surface area contributed by atoms with Gasteiger partial charge in [0.1, 0.15) is 11.9 Å². The van der Waals surface area contributed by atoms with Gasteiger partial charge in [0.15, 0.2) is 17.5 Å². The van der Waals surface area contributed by atoms with Gasteiger partial charge in [-0.2, -0.15) is 0 Å². The Labute approximate surface area is 111 Å². The minimum absolute atomic E-state index is 0.215. The van der Waals surface area contributed by atoms with Crippen molar-refractivity contribution in [2.45, 2.75) is 6.10 Å². The highest BCUT2D eigenvalue weighted by Crippen LogP contribution is 2.15. The molecule has 1 heterocycles. The summed E-state index contributed by atoms with van der Waals surface area (Å²) in [5.41, 5.74) is -0.381. The molecule has 0 fully saturated rings. The zero-order valence-electron chi connectivity index (χ0n) is 10.1. The average molecular weight is 285 g/mol. The van der Waals surface area contributed by atoms with Crippen LogP contribution in [0, 0.1) is 17.5 Å². The fraction of sp³-hybridized carbons (Fsp3) is 0.154. The van der Waals surface area contributed by atoms with Gasteiger partial charge in [-0.25, -0.2) is 13.2 Å². The van der Waals surface area contributed by atoms with Gasteiger partial charge in [-0.05, 0) is 24.3 Å². The minimum Gasteiger partial charge on any atom is -0.467 e. The lowest BCUT2D eigenvalue weighted by atomic mass is 10.2. The number of furan rings is 1. The monoisotopic (exact) mass is 285 g/mol. The van der Waals surface area contributed by atoms with Crippen molar-refractivity contribution in [2.24, 2.45) is 0 Å². The first-order valence-electron chi connectivity index (χ1n) is 5.63. The van der Waals surface area contributed by atoms with Crippen LogP contribution in [0.4, 0.5) is 13.2 Å². The molecule has 0 aliphatic heterocycles. The van der Waals surface area contributed by atoms with Gasteiger partial charge in [-0.3, -0.25) is 4.79 Å². The molecule has 0 spiro atoms. The predicted octanol–water partition coefficient (Wildman–Crippen LogP) is 2.16. The normalized spacial score (nSPS) is 12.2. The van der Waals surface area contributed by atoms with Gasteiger partial charge in [-0.1, -0.05) is 0 Å². The Morgan fingerprint density at radius 1 is 1.30 bits per heavy atom. The van der Waals surface area contributed by atoms with Crippen LogP contribution in [0.3, 0.4) is 0 Å². The Bertz CT molecular complexity index is 590. The third-order valence-electron chi connectivity index (χ3n) is 2.57. The summed E-state index contributed by atoms with van der Waals surface area (Å²) in [6.45, 7) is -0.215. The Kier molecular flexibility index (Phi) is 4.09. The Morgan fingerprint density at radius 2 is 1.95 bits per heavy atom. The summed E-state index contributed by atoms with van der Waals surface area (Å²) in [6.07, 6.45) is 0.259. The third-order valence-corrected chi connectivity index (χ3v) is 2.57. The second kappa shape index (κ2) is 5.79. The van der Waals surface area contributed by atoms with Gasteiger partial charge in [0.25, 0.3) is 5.91 Å². The molecule has 1 unspecified atom stereocenters. The number of carbonyl (C=O) groups excluding carboxylic acids is 1. The van der Waals surface area contributed by atoms with Gasteiger partial charge in [0, 0.05) is 5.56 Å². The maximum absolute atomic E-state index is 13.0. The largest absolute Gasteiger partial charge is 0.467 e. The molecule has 1 atom stereocenters. The summed E-state index contributed by atoms with van der Waals surface area (Å²) in [4.78, 5) is 11.6. The molecule has 0 saturated carbocycles. The number of hydrogen-bond acceptors (Lipinski definition) is 3. The number of rotatable bonds is 4. The highest BCUT2D eigenvalue weighted by Gasteiger charge is 2.17. The SMILES string of the molecule is O=C(NCC(O)c1ccco1)c1cc(F)c(F)c(F)c1. The average Bonchev–Trinajstić information content (AvgIpc) is 2.95. The first kappa shape index (κ1) is 14.1. The van der Waals surface area contributed by atoms with E-state index in [1.165, 1.54) is 12.3 Å². The van der Waals surface area contributed by atoms with Crippen LogP contribution in [-0.4, -0.2) is 17.6 Å². The van der Waals surface area contributed by atoms with E-state index in [4.69, 9.17) is 4.42 Å². The van der Waals surface area contributed by atoms with E-state index in [1.54, 1.807) is 6.07 Å². The van der Waals surface area contributed by atoms with Crippen LogP contribution in [0.15, 0.2) is 34.9 Å². The molecular formula is C13H10F3NO3. The molecule has 0 bridgehead atoms. The van der Waals surface area contributed by atoms with Crippen molar-refractivity contribution in [1.82, 2.24) is 5.32 Å². The number of aliphatic hydroxyl groups excluding tert-OH is 1. The summed E-state index contributed by atoms with van der Waals surface area (Å²) in [6, 6.07) is 4.22. The van der Waals surface area contributed by atoms with Crippen LogP contribution < -0.4 is 5.32 Å². The van der Waals surface area contributed by atoms with Crippen molar-refractivity contribution < 1.29 is 27.5 Å². The number of aliphatic hydroxyl groups is 1. The molecule has 0 aliphatic carbocycles. The van der Waals surface area contributed by atoms with Crippen molar-refractivity contribution in [1.29, 1.82) is 0 Å². The van der Waals surface area contributed by atoms with E-state index >= 15 is 0 Å². The molecule has 0 aliphatic rings. The molecule has 1 aromatic carbocycles. The standard InChI is InChI=1S/C13H10F3NO3/c14-8-4-7(5-9(15)12(8)16)13(19)17-6-10(18)11-2-1-3-20-11/h1-5,10,18H,6H2,(H,17,19). The Hall–Kier alpha value is -2.28. The van der Waals surface area contributed by atoms with Gasteiger partial charge in [0.2, 0.25) is 0 Å².